The SMILES string of the molecule is CC(C)Oc1ccc(-c2noc(-c3ccc(OC(C)C(=O)O)cc3)n2)cc1C(F)(F)F. The average molecular weight is 436 g/mol. The smallest absolute Gasteiger partial charge is 0.419 e. The quantitative estimate of drug-likeness (QED) is 0.553. The average Bonchev–Trinajstić information content (AvgIpc) is 3.17. The minimum Gasteiger partial charge on any atom is -0.490 e. The summed E-state index contributed by atoms with van der Waals surface area (Å²) in [5.74, 6) is -0.982. The van der Waals surface area contributed by atoms with Gasteiger partial charge >= 0.3 is 12.1 Å². The van der Waals surface area contributed by atoms with E-state index in [0.717, 1.165) is 6.07 Å². The first kappa shape index (κ1) is 22.1. The van der Waals surface area contributed by atoms with Crippen LogP contribution in [0.3, 0.4) is 0 Å². The monoisotopic (exact) mass is 436 g/mol. The van der Waals surface area contributed by atoms with E-state index in [9.17, 15) is 18.0 Å². The summed E-state index contributed by atoms with van der Waals surface area (Å²) in [5.41, 5.74) is -0.322. The Morgan fingerprint density at radius 1 is 1.03 bits per heavy atom. The summed E-state index contributed by atoms with van der Waals surface area (Å²) in [5, 5.41) is 12.6. The van der Waals surface area contributed by atoms with Crippen LogP contribution in [0.25, 0.3) is 22.8 Å². The standard InChI is InChI=1S/C21H19F3N2O5/c1-11(2)29-17-9-6-14(10-16(17)21(22,23)24)18-25-19(31-26-18)13-4-7-15(8-5-13)30-12(3)20(27)28/h4-12H,1-3H3,(H,27,28). The van der Waals surface area contributed by atoms with Crippen LogP contribution in [0, 0.1) is 0 Å². The molecule has 0 saturated heterocycles. The third-order valence-corrected chi connectivity index (χ3v) is 4.09. The molecule has 164 valence electrons. The Morgan fingerprint density at radius 3 is 2.26 bits per heavy atom. The lowest BCUT2D eigenvalue weighted by Gasteiger charge is -2.16. The predicted octanol–water partition coefficient (Wildman–Crippen LogP) is 5.06. The number of aliphatic carboxylic acids is 1. The molecule has 0 bridgehead atoms. The first-order valence-electron chi connectivity index (χ1n) is 9.26. The third-order valence-electron chi connectivity index (χ3n) is 4.09. The van der Waals surface area contributed by atoms with Crippen LogP contribution in [0.15, 0.2) is 47.0 Å². The van der Waals surface area contributed by atoms with Crippen molar-refractivity contribution in [2.24, 2.45) is 0 Å². The van der Waals surface area contributed by atoms with Gasteiger partial charge in [-0.15, -0.1) is 0 Å². The number of hydrogen-bond acceptors (Lipinski definition) is 6. The van der Waals surface area contributed by atoms with Gasteiger partial charge in [0.1, 0.15) is 11.5 Å². The zero-order chi connectivity index (χ0) is 22.8. The van der Waals surface area contributed by atoms with Crippen LogP contribution >= 0.6 is 0 Å². The van der Waals surface area contributed by atoms with Crippen molar-refractivity contribution in [3.05, 3.63) is 48.0 Å². The van der Waals surface area contributed by atoms with Gasteiger partial charge in [-0.25, -0.2) is 4.79 Å². The molecule has 0 radical (unpaired) electrons. The maximum atomic E-state index is 13.4. The Morgan fingerprint density at radius 2 is 1.68 bits per heavy atom. The molecule has 0 spiro atoms. The number of alkyl halides is 3. The number of nitrogens with zero attached hydrogens (tertiary/aromatic N) is 2. The Labute approximate surface area is 175 Å². The van der Waals surface area contributed by atoms with E-state index in [2.05, 4.69) is 10.1 Å². The molecule has 1 atom stereocenters. The molecule has 3 aromatic rings. The summed E-state index contributed by atoms with van der Waals surface area (Å²) in [7, 11) is 0. The minimum atomic E-state index is -4.62. The zero-order valence-corrected chi connectivity index (χ0v) is 16.8. The number of benzene rings is 2. The van der Waals surface area contributed by atoms with Gasteiger partial charge in [-0.05, 0) is 63.2 Å². The molecular weight excluding hydrogens is 417 g/mol. The van der Waals surface area contributed by atoms with Crippen molar-refractivity contribution in [3.63, 3.8) is 0 Å². The number of halogens is 3. The van der Waals surface area contributed by atoms with E-state index in [4.69, 9.17) is 19.1 Å². The van der Waals surface area contributed by atoms with E-state index in [1.807, 2.05) is 0 Å². The number of carbonyl (C=O) groups is 1. The fraction of sp³-hybridized carbons (Fsp3) is 0.286. The first-order valence-corrected chi connectivity index (χ1v) is 9.26. The van der Waals surface area contributed by atoms with Gasteiger partial charge in [-0.1, -0.05) is 5.16 Å². The topological polar surface area (TPSA) is 94.7 Å². The van der Waals surface area contributed by atoms with Gasteiger partial charge in [-0.2, -0.15) is 18.2 Å². The molecule has 31 heavy (non-hydrogen) atoms. The minimum absolute atomic E-state index is 0.0172. The molecule has 1 N–H and O–H groups in total. The fourth-order valence-corrected chi connectivity index (χ4v) is 2.64. The van der Waals surface area contributed by atoms with Crippen molar-refractivity contribution in [1.29, 1.82) is 0 Å². The number of aromatic nitrogens is 2. The molecule has 3 rings (SSSR count). The molecule has 2 aromatic carbocycles. The molecule has 0 aliphatic carbocycles. The molecule has 10 heteroatoms. The zero-order valence-electron chi connectivity index (χ0n) is 16.8. The Bertz CT molecular complexity index is 1060. The Hall–Kier alpha value is -3.56. The molecule has 1 heterocycles. The highest BCUT2D eigenvalue weighted by atomic mass is 19.4. The largest absolute Gasteiger partial charge is 0.490 e. The van der Waals surface area contributed by atoms with E-state index < -0.39 is 29.9 Å². The van der Waals surface area contributed by atoms with Gasteiger partial charge in [0.25, 0.3) is 5.89 Å². The van der Waals surface area contributed by atoms with Crippen molar-refractivity contribution in [1.82, 2.24) is 10.1 Å². The highest BCUT2D eigenvalue weighted by Gasteiger charge is 2.35. The number of carboxylic acids is 1. The van der Waals surface area contributed by atoms with Crippen molar-refractivity contribution in [3.8, 4) is 34.3 Å². The highest BCUT2D eigenvalue weighted by Crippen LogP contribution is 2.39. The van der Waals surface area contributed by atoms with Crippen LogP contribution in [0.1, 0.15) is 26.3 Å². The van der Waals surface area contributed by atoms with Crippen LogP contribution in [0.4, 0.5) is 13.2 Å². The summed E-state index contributed by atoms with van der Waals surface area (Å²) < 4.78 is 56.0. The van der Waals surface area contributed by atoms with Crippen LogP contribution in [-0.2, 0) is 11.0 Å². The van der Waals surface area contributed by atoms with E-state index in [1.54, 1.807) is 26.0 Å². The lowest BCUT2D eigenvalue weighted by molar-refractivity contribution is -0.144. The summed E-state index contributed by atoms with van der Waals surface area (Å²) >= 11 is 0. The Balaban J connectivity index is 1.86. The van der Waals surface area contributed by atoms with E-state index >= 15 is 0 Å². The molecular formula is C21H19F3N2O5. The van der Waals surface area contributed by atoms with Crippen LogP contribution < -0.4 is 9.47 Å². The third kappa shape index (κ3) is 5.33. The summed E-state index contributed by atoms with van der Waals surface area (Å²) in [4.78, 5) is 15.0. The lowest BCUT2D eigenvalue weighted by atomic mass is 10.1. The second-order valence-corrected chi connectivity index (χ2v) is 6.92. The van der Waals surface area contributed by atoms with Gasteiger partial charge in [0.2, 0.25) is 5.82 Å². The molecule has 0 amide bonds. The summed E-state index contributed by atoms with van der Waals surface area (Å²) in [6, 6.07) is 9.76. The Kier molecular flexibility index (Phi) is 6.19. The molecule has 0 saturated carbocycles. The lowest BCUT2D eigenvalue weighted by Crippen LogP contribution is -2.22. The van der Waals surface area contributed by atoms with Crippen LogP contribution in [0.2, 0.25) is 0 Å². The number of hydrogen-bond donors (Lipinski definition) is 1. The van der Waals surface area contributed by atoms with Gasteiger partial charge in [0.05, 0.1) is 11.7 Å². The molecule has 1 aromatic heterocycles. The van der Waals surface area contributed by atoms with Crippen molar-refractivity contribution in [2.45, 2.75) is 39.2 Å². The maximum Gasteiger partial charge on any atom is 0.419 e. The highest BCUT2D eigenvalue weighted by molar-refractivity contribution is 5.72. The van der Waals surface area contributed by atoms with E-state index in [1.165, 1.54) is 31.2 Å². The number of carboxylic acid groups (broad SMARTS) is 1. The second-order valence-electron chi connectivity index (χ2n) is 6.92. The van der Waals surface area contributed by atoms with Gasteiger partial charge in [-0.3, -0.25) is 0 Å². The van der Waals surface area contributed by atoms with E-state index in [-0.39, 0.29) is 23.0 Å². The normalized spacial score (nSPS) is 12.6. The van der Waals surface area contributed by atoms with Crippen molar-refractivity contribution >= 4 is 5.97 Å². The summed E-state index contributed by atoms with van der Waals surface area (Å²) in [6.07, 6.45) is -6.06. The molecule has 0 aliphatic rings. The summed E-state index contributed by atoms with van der Waals surface area (Å²) in [6.45, 7) is 4.67. The molecule has 0 aliphatic heterocycles. The fourth-order valence-electron chi connectivity index (χ4n) is 2.64. The first-order chi connectivity index (χ1) is 14.5. The van der Waals surface area contributed by atoms with Gasteiger partial charge in [0.15, 0.2) is 6.10 Å². The maximum absolute atomic E-state index is 13.4. The number of ether oxygens (including phenoxy) is 2. The van der Waals surface area contributed by atoms with Crippen molar-refractivity contribution in [2.75, 3.05) is 0 Å². The molecule has 7 nitrogen and oxygen atoms in total. The molecule has 0 fully saturated rings. The van der Waals surface area contributed by atoms with Gasteiger partial charge in [0, 0.05) is 11.1 Å². The predicted molar refractivity (Wildman–Crippen MR) is 104 cm³/mol. The molecule has 1 unspecified atom stereocenters. The van der Waals surface area contributed by atoms with Crippen molar-refractivity contribution < 1.29 is 37.1 Å². The van der Waals surface area contributed by atoms with Crippen LogP contribution in [0.5, 0.6) is 11.5 Å². The number of rotatable bonds is 7. The van der Waals surface area contributed by atoms with Crippen LogP contribution in [-0.4, -0.2) is 33.4 Å². The van der Waals surface area contributed by atoms with E-state index in [0.29, 0.717) is 11.3 Å². The second kappa shape index (κ2) is 8.66. The van der Waals surface area contributed by atoms with Gasteiger partial charge < -0.3 is 19.1 Å².